The predicted octanol–water partition coefficient (Wildman–Crippen LogP) is 3.81. The molecule has 0 unspecified atom stereocenters. The highest BCUT2D eigenvalue weighted by molar-refractivity contribution is 6.67. The van der Waals surface area contributed by atoms with E-state index in [2.05, 4.69) is 6.92 Å². The molecule has 0 aliphatic rings. The maximum atomic E-state index is 11.2. The summed E-state index contributed by atoms with van der Waals surface area (Å²) in [6.45, 7) is 4.43. The number of unbranched alkanes of at least 4 members (excludes halogenated alkanes) is 3. The topological polar surface area (TPSA) is 44.8 Å². The molecule has 0 aromatic heterocycles. The van der Waals surface area contributed by atoms with Gasteiger partial charge in [0, 0.05) is 20.3 Å². The van der Waals surface area contributed by atoms with Crippen molar-refractivity contribution >= 4 is 14.5 Å². The second-order valence-corrected chi connectivity index (χ2v) is 8.54. The van der Waals surface area contributed by atoms with Gasteiger partial charge in [0.25, 0.3) is 0 Å². The number of allylic oxidation sites excluding steroid dienone is 1. The molecule has 0 N–H and O–H groups in total. The van der Waals surface area contributed by atoms with Crippen LogP contribution in [0.5, 0.6) is 0 Å². The van der Waals surface area contributed by atoms with Gasteiger partial charge in [0.1, 0.15) is 0 Å². The lowest BCUT2D eigenvalue weighted by Crippen LogP contribution is -2.40. The minimum absolute atomic E-state index is 0.280. The van der Waals surface area contributed by atoms with Gasteiger partial charge in [0.15, 0.2) is 0 Å². The molecule has 0 aliphatic carbocycles. The summed E-state index contributed by atoms with van der Waals surface area (Å²) in [5, 5.41) is 0. The molecule has 0 saturated carbocycles. The van der Waals surface area contributed by atoms with E-state index in [1.165, 1.54) is 25.3 Å². The minimum atomic E-state index is -2.09. The van der Waals surface area contributed by atoms with Crippen LogP contribution in [-0.2, 0) is 18.4 Å². The fourth-order valence-corrected chi connectivity index (χ4v) is 4.84. The molecule has 0 spiro atoms. The summed E-state index contributed by atoms with van der Waals surface area (Å²) in [6.07, 6.45) is 8.79. The van der Waals surface area contributed by atoms with Gasteiger partial charge in [-0.25, -0.2) is 4.79 Å². The zero-order chi connectivity index (χ0) is 15.3. The van der Waals surface area contributed by atoms with Crippen molar-refractivity contribution in [3.8, 4) is 0 Å². The highest BCUT2D eigenvalue weighted by atomic mass is 28.4. The first-order valence-corrected chi connectivity index (χ1v) is 9.77. The van der Waals surface area contributed by atoms with E-state index >= 15 is 0 Å². The molecule has 118 valence electrons. The second-order valence-electron chi connectivity index (χ2n) is 4.90. The molecule has 0 aromatic rings. The predicted molar refractivity (Wildman–Crippen MR) is 83.9 cm³/mol. The fourth-order valence-electron chi connectivity index (χ4n) is 2.14. The van der Waals surface area contributed by atoms with Crippen LogP contribution in [0.2, 0.25) is 12.1 Å². The van der Waals surface area contributed by atoms with Gasteiger partial charge < -0.3 is 13.6 Å². The average molecular weight is 302 g/mol. The van der Waals surface area contributed by atoms with Crippen LogP contribution >= 0.6 is 0 Å². The standard InChI is InChI=1S/C15H30O4Si/c1-5-7-8-9-13-20(17-3,18-4)14-10-12-19-15(16)11-6-2/h6,11H,5,7-10,12-14H2,1-4H3. The molecular formula is C15H30O4Si. The van der Waals surface area contributed by atoms with Crippen LogP contribution in [0, 0.1) is 0 Å². The van der Waals surface area contributed by atoms with Crippen LogP contribution in [0.4, 0.5) is 0 Å². The monoisotopic (exact) mass is 302 g/mol. The van der Waals surface area contributed by atoms with Gasteiger partial charge in [-0.05, 0) is 25.4 Å². The number of carbonyl (C=O) groups is 1. The van der Waals surface area contributed by atoms with Crippen molar-refractivity contribution in [2.45, 2.75) is 58.0 Å². The Morgan fingerprint density at radius 2 is 1.70 bits per heavy atom. The molecule has 5 heteroatoms. The van der Waals surface area contributed by atoms with Gasteiger partial charge in [-0.15, -0.1) is 0 Å². The van der Waals surface area contributed by atoms with E-state index in [0.29, 0.717) is 6.61 Å². The lowest BCUT2D eigenvalue weighted by molar-refractivity contribution is -0.137. The van der Waals surface area contributed by atoms with E-state index in [-0.39, 0.29) is 5.97 Å². The highest BCUT2D eigenvalue weighted by Crippen LogP contribution is 2.23. The zero-order valence-electron chi connectivity index (χ0n) is 13.4. The Hall–Kier alpha value is -0.653. The summed E-state index contributed by atoms with van der Waals surface area (Å²) < 4.78 is 16.5. The van der Waals surface area contributed by atoms with E-state index in [0.717, 1.165) is 24.9 Å². The third-order valence-electron chi connectivity index (χ3n) is 3.40. The first kappa shape index (κ1) is 19.3. The third-order valence-corrected chi connectivity index (χ3v) is 7.12. The van der Waals surface area contributed by atoms with Crippen LogP contribution < -0.4 is 0 Å². The summed E-state index contributed by atoms with van der Waals surface area (Å²) in [4.78, 5) is 11.2. The van der Waals surface area contributed by atoms with E-state index in [1.54, 1.807) is 27.2 Å². The fraction of sp³-hybridized carbons (Fsp3) is 0.800. The van der Waals surface area contributed by atoms with Crippen molar-refractivity contribution < 1.29 is 18.4 Å². The second kappa shape index (κ2) is 12.1. The molecular weight excluding hydrogens is 272 g/mol. The van der Waals surface area contributed by atoms with Crippen LogP contribution in [0.25, 0.3) is 0 Å². The molecule has 0 saturated heterocycles. The van der Waals surface area contributed by atoms with E-state index in [4.69, 9.17) is 13.6 Å². The third kappa shape index (κ3) is 8.50. The first-order chi connectivity index (χ1) is 9.64. The van der Waals surface area contributed by atoms with E-state index < -0.39 is 8.56 Å². The van der Waals surface area contributed by atoms with Crippen LogP contribution in [0.3, 0.4) is 0 Å². The smallest absolute Gasteiger partial charge is 0.337 e. The van der Waals surface area contributed by atoms with Crippen molar-refractivity contribution in [2.24, 2.45) is 0 Å². The van der Waals surface area contributed by atoms with Gasteiger partial charge in [-0.3, -0.25) is 0 Å². The number of hydrogen-bond donors (Lipinski definition) is 0. The Morgan fingerprint density at radius 3 is 2.25 bits per heavy atom. The summed E-state index contributed by atoms with van der Waals surface area (Å²) in [7, 11) is 1.38. The molecule has 0 aromatic carbocycles. The molecule has 0 aliphatic heterocycles. The van der Waals surface area contributed by atoms with Crippen molar-refractivity contribution in [3.05, 3.63) is 12.2 Å². The Labute approximate surface area is 124 Å². The van der Waals surface area contributed by atoms with Gasteiger partial charge in [-0.1, -0.05) is 38.7 Å². The van der Waals surface area contributed by atoms with Gasteiger partial charge in [0.05, 0.1) is 6.61 Å². The Bertz CT molecular complexity index is 275. The first-order valence-electron chi connectivity index (χ1n) is 7.54. The molecule has 0 heterocycles. The molecule has 0 bridgehead atoms. The van der Waals surface area contributed by atoms with Crippen LogP contribution in [-0.4, -0.2) is 35.4 Å². The van der Waals surface area contributed by atoms with Crippen molar-refractivity contribution in [1.29, 1.82) is 0 Å². The maximum absolute atomic E-state index is 11.2. The van der Waals surface area contributed by atoms with E-state index in [9.17, 15) is 4.79 Å². The average Bonchev–Trinajstić information content (AvgIpc) is 2.46. The Kier molecular flexibility index (Phi) is 11.7. The number of esters is 1. The highest BCUT2D eigenvalue weighted by Gasteiger charge is 2.34. The molecule has 0 fully saturated rings. The molecule has 0 atom stereocenters. The molecule has 0 rings (SSSR count). The van der Waals surface area contributed by atoms with E-state index in [1.807, 2.05) is 0 Å². The summed E-state index contributed by atoms with van der Waals surface area (Å²) in [6, 6.07) is 1.89. The van der Waals surface area contributed by atoms with Gasteiger partial charge in [0.2, 0.25) is 0 Å². The van der Waals surface area contributed by atoms with Crippen LogP contribution in [0.15, 0.2) is 12.2 Å². The number of rotatable bonds is 12. The van der Waals surface area contributed by atoms with Crippen molar-refractivity contribution in [3.63, 3.8) is 0 Å². The normalized spacial score (nSPS) is 12.0. The molecule has 0 amide bonds. The lowest BCUT2D eigenvalue weighted by atomic mass is 10.2. The Morgan fingerprint density at radius 1 is 1.05 bits per heavy atom. The lowest BCUT2D eigenvalue weighted by Gasteiger charge is -2.27. The number of ether oxygens (including phenoxy) is 1. The van der Waals surface area contributed by atoms with Crippen molar-refractivity contribution in [2.75, 3.05) is 20.8 Å². The minimum Gasteiger partial charge on any atom is -0.463 e. The van der Waals surface area contributed by atoms with Crippen LogP contribution in [0.1, 0.15) is 46.0 Å². The molecule has 4 nitrogen and oxygen atoms in total. The van der Waals surface area contributed by atoms with Crippen molar-refractivity contribution in [1.82, 2.24) is 0 Å². The summed E-state index contributed by atoms with van der Waals surface area (Å²) in [5.74, 6) is -0.280. The summed E-state index contributed by atoms with van der Waals surface area (Å²) >= 11 is 0. The Balaban J connectivity index is 4.02. The molecule has 20 heavy (non-hydrogen) atoms. The largest absolute Gasteiger partial charge is 0.463 e. The molecule has 0 radical (unpaired) electrons. The summed E-state index contributed by atoms with van der Waals surface area (Å²) in [5.41, 5.74) is 0. The van der Waals surface area contributed by atoms with Gasteiger partial charge in [-0.2, -0.15) is 0 Å². The van der Waals surface area contributed by atoms with Gasteiger partial charge >= 0.3 is 14.5 Å². The SMILES string of the molecule is CC=CC(=O)OCCC[Si](CCCCCC)(OC)OC. The number of hydrogen-bond acceptors (Lipinski definition) is 4. The number of carbonyl (C=O) groups excluding carboxylic acids is 1. The maximum Gasteiger partial charge on any atom is 0.337 e. The quantitative estimate of drug-likeness (QED) is 0.238. The zero-order valence-corrected chi connectivity index (χ0v) is 14.4.